The fraction of sp³-hybridized carbons (Fsp3) is 0.294. The highest BCUT2D eigenvalue weighted by atomic mass is 19.1. The van der Waals surface area contributed by atoms with Gasteiger partial charge in [-0.15, -0.1) is 0 Å². The molecule has 0 bridgehead atoms. The maximum atomic E-state index is 13.4. The molecule has 2 rings (SSSR count). The number of hydrogen-bond donors (Lipinski definition) is 1. The highest BCUT2D eigenvalue weighted by Gasteiger charge is 2.12. The van der Waals surface area contributed by atoms with Crippen molar-refractivity contribution in [3.8, 4) is 0 Å². The molecule has 0 spiro atoms. The summed E-state index contributed by atoms with van der Waals surface area (Å²) in [6, 6.07) is 13.0. The molecular formula is C17H21FN2. The summed E-state index contributed by atoms with van der Waals surface area (Å²) in [4.78, 5) is 2.10. The Balaban J connectivity index is 2.27. The lowest BCUT2D eigenvalue weighted by molar-refractivity contribution is 0.622. The van der Waals surface area contributed by atoms with Gasteiger partial charge in [0.25, 0.3) is 0 Å². The van der Waals surface area contributed by atoms with Gasteiger partial charge < -0.3 is 10.6 Å². The molecule has 0 heterocycles. The Kier molecular flexibility index (Phi) is 4.40. The highest BCUT2D eigenvalue weighted by Crippen LogP contribution is 2.26. The third-order valence-electron chi connectivity index (χ3n) is 3.39. The Morgan fingerprint density at radius 3 is 2.60 bits per heavy atom. The summed E-state index contributed by atoms with van der Waals surface area (Å²) in [5.41, 5.74) is 10.2. The first kappa shape index (κ1) is 14.5. The van der Waals surface area contributed by atoms with Crippen LogP contribution in [-0.2, 0) is 6.54 Å². The zero-order chi connectivity index (χ0) is 14.7. The van der Waals surface area contributed by atoms with E-state index in [4.69, 9.17) is 5.73 Å². The molecule has 106 valence electrons. The molecule has 2 N–H and O–H groups in total. The number of anilines is 1. The van der Waals surface area contributed by atoms with E-state index in [0.717, 1.165) is 17.8 Å². The van der Waals surface area contributed by atoms with Gasteiger partial charge in [-0.1, -0.05) is 29.8 Å². The smallest absolute Gasteiger partial charge is 0.123 e. The van der Waals surface area contributed by atoms with Crippen molar-refractivity contribution in [3.63, 3.8) is 0 Å². The molecule has 0 aromatic heterocycles. The van der Waals surface area contributed by atoms with Crippen molar-refractivity contribution < 1.29 is 4.39 Å². The predicted octanol–water partition coefficient (Wildman–Crippen LogP) is 3.79. The second-order valence-electron chi connectivity index (χ2n) is 5.34. The average Bonchev–Trinajstić information content (AvgIpc) is 2.38. The minimum Gasteiger partial charge on any atom is -0.370 e. The van der Waals surface area contributed by atoms with Gasteiger partial charge in [0.15, 0.2) is 0 Å². The Hall–Kier alpha value is -1.87. The van der Waals surface area contributed by atoms with Gasteiger partial charge >= 0.3 is 0 Å². The number of nitrogens with zero attached hydrogens (tertiary/aromatic N) is 1. The summed E-state index contributed by atoms with van der Waals surface area (Å²) in [5.74, 6) is -0.245. The third kappa shape index (κ3) is 3.36. The molecule has 2 nitrogen and oxygen atoms in total. The average molecular weight is 272 g/mol. The van der Waals surface area contributed by atoms with E-state index in [0.29, 0.717) is 0 Å². The van der Waals surface area contributed by atoms with Crippen LogP contribution in [0.15, 0.2) is 42.5 Å². The van der Waals surface area contributed by atoms with Crippen LogP contribution in [0.5, 0.6) is 0 Å². The van der Waals surface area contributed by atoms with Crippen LogP contribution in [0.4, 0.5) is 10.1 Å². The van der Waals surface area contributed by atoms with Crippen LogP contribution < -0.4 is 10.6 Å². The molecule has 0 aliphatic carbocycles. The minimum atomic E-state index is -0.245. The summed E-state index contributed by atoms with van der Waals surface area (Å²) in [7, 11) is 2.00. The summed E-state index contributed by atoms with van der Waals surface area (Å²) in [6.45, 7) is 4.72. The van der Waals surface area contributed by atoms with Gasteiger partial charge in [-0.2, -0.15) is 0 Å². The van der Waals surface area contributed by atoms with E-state index in [1.54, 1.807) is 6.07 Å². The Morgan fingerprint density at radius 1 is 1.20 bits per heavy atom. The molecule has 20 heavy (non-hydrogen) atoms. The first-order chi connectivity index (χ1) is 9.47. The van der Waals surface area contributed by atoms with Gasteiger partial charge in [-0.25, -0.2) is 4.39 Å². The van der Waals surface area contributed by atoms with Crippen LogP contribution in [0.1, 0.15) is 29.7 Å². The summed E-state index contributed by atoms with van der Waals surface area (Å²) >= 11 is 0. The summed E-state index contributed by atoms with van der Waals surface area (Å²) in [5, 5.41) is 0. The molecule has 2 aromatic carbocycles. The number of hydrogen-bond acceptors (Lipinski definition) is 2. The van der Waals surface area contributed by atoms with Crippen molar-refractivity contribution in [2.45, 2.75) is 26.4 Å². The summed E-state index contributed by atoms with van der Waals surface area (Å²) in [6.07, 6.45) is 0. The molecule has 0 saturated carbocycles. The standard InChI is InChI=1S/C17H21FN2/c1-12-5-4-6-14(9-12)11-20(3)17-8-7-15(18)10-16(17)13(2)19/h4-10,13H,11,19H2,1-3H3. The van der Waals surface area contributed by atoms with Crippen molar-refractivity contribution in [1.29, 1.82) is 0 Å². The first-order valence-corrected chi connectivity index (χ1v) is 6.79. The van der Waals surface area contributed by atoms with E-state index in [1.807, 2.05) is 14.0 Å². The molecule has 0 saturated heterocycles. The lowest BCUT2D eigenvalue weighted by Crippen LogP contribution is -2.20. The number of rotatable bonds is 4. The van der Waals surface area contributed by atoms with Crippen LogP contribution >= 0.6 is 0 Å². The zero-order valence-corrected chi connectivity index (χ0v) is 12.2. The third-order valence-corrected chi connectivity index (χ3v) is 3.39. The number of nitrogens with two attached hydrogens (primary N) is 1. The molecule has 3 heteroatoms. The SMILES string of the molecule is Cc1cccc(CN(C)c2ccc(F)cc2C(C)N)c1. The molecule has 1 unspecified atom stereocenters. The molecular weight excluding hydrogens is 251 g/mol. The van der Waals surface area contributed by atoms with Crippen LogP contribution in [-0.4, -0.2) is 7.05 Å². The van der Waals surface area contributed by atoms with E-state index in [2.05, 4.69) is 36.1 Å². The Labute approximate surface area is 120 Å². The fourth-order valence-electron chi connectivity index (χ4n) is 2.41. The number of aryl methyl sites for hydroxylation is 1. The van der Waals surface area contributed by atoms with E-state index < -0.39 is 0 Å². The lowest BCUT2D eigenvalue weighted by atomic mass is 10.0. The van der Waals surface area contributed by atoms with Crippen LogP contribution in [0, 0.1) is 12.7 Å². The molecule has 2 aromatic rings. The summed E-state index contributed by atoms with van der Waals surface area (Å²) < 4.78 is 13.4. The largest absolute Gasteiger partial charge is 0.370 e. The molecule has 0 radical (unpaired) electrons. The molecule has 1 atom stereocenters. The normalized spacial score (nSPS) is 12.2. The fourth-order valence-corrected chi connectivity index (χ4v) is 2.41. The quantitative estimate of drug-likeness (QED) is 0.917. The zero-order valence-electron chi connectivity index (χ0n) is 12.2. The van der Waals surface area contributed by atoms with Gasteiger partial charge in [0.1, 0.15) is 5.82 Å². The van der Waals surface area contributed by atoms with Crippen molar-refractivity contribution >= 4 is 5.69 Å². The molecule has 0 aliphatic heterocycles. The monoisotopic (exact) mass is 272 g/mol. The van der Waals surface area contributed by atoms with Crippen molar-refractivity contribution in [3.05, 3.63) is 65.0 Å². The van der Waals surface area contributed by atoms with Gasteiger partial charge in [-0.3, -0.25) is 0 Å². The van der Waals surface area contributed by atoms with Gasteiger partial charge in [-0.05, 0) is 43.2 Å². The Morgan fingerprint density at radius 2 is 1.95 bits per heavy atom. The van der Waals surface area contributed by atoms with Gasteiger partial charge in [0.2, 0.25) is 0 Å². The number of benzene rings is 2. The lowest BCUT2D eigenvalue weighted by Gasteiger charge is -2.24. The molecule has 0 amide bonds. The predicted molar refractivity (Wildman–Crippen MR) is 82.3 cm³/mol. The number of halogens is 1. The first-order valence-electron chi connectivity index (χ1n) is 6.79. The minimum absolute atomic E-state index is 0.194. The second-order valence-corrected chi connectivity index (χ2v) is 5.34. The van der Waals surface area contributed by atoms with Crippen LogP contribution in [0.25, 0.3) is 0 Å². The maximum Gasteiger partial charge on any atom is 0.123 e. The topological polar surface area (TPSA) is 29.3 Å². The maximum absolute atomic E-state index is 13.4. The molecule has 0 fully saturated rings. The van der Waals surface area contributed by atoms with Gasteiger partial charge in [0, 0.05) is 25.3 Å². The Bertz CT molecular complexity index is 593. The molecule has 0 aliphatic rings. The van der Waals surface area contributed by atoms with Crippen molar-refractivity contribution in [2.75, 3.05) is 11.9 Å². The van der Waals surface area contributed by atoms with E-state index >= 15 is 0 Å². The van der Waals surface area contributed by atoms with Crippen LogP contribution in [0.2, 0.25) is 0 Å². The second kappa shape index (κ2) is 6.06. The highest BCUT2D eigenvalue weighted by molar-refractivity contribution is 5.55. The van der Waals surface area contributed by atoms with Gasteiger partial charge in [0.05, 0.1) is 0 Å². The van der Waals surface area contributed by atoms with E-state index in [-0.39, 0.29) is 11.9 Å². The van der Waals surface area contributed by atoms with Crippen molar-refractivity contribution in [1.82, 2.24) is 0 Å². The van der Waals surface area contributed by atoms with E-state index in [1.165, 1.54) is 23.3 Å². The van der Waals surface area contributed by atoms with E-state index in [9.17, 15) is 4.39 Å². The van der Waals surface area contributed by atoms with Crippen molar-refractivity contribution in [2.24, 2.45) is 5.73 Å². The van der Waals surface area contributed by atoms with Crippen LogP contribution in [0.3, 0.4) is 0 Å².